The maximum Gasteiger partial charge on any atom is 2.00 e. The van der Waals surface area contributed by atoms with Crippen LogP contribution in [-0.2, 0) is 4.74 Å². The van der Waals surface area contributed by atoms with Crippen LogP contribution in [0.1, 0.15) is 55.9 Å². The zero-order valence-electron chi connectivity index (χ0n) is 18.4. The topological polar surface area (TPSA) is 23.3 Å². The van der Waals surface area contributed by atoms with Crippen LogP contribution in [0.5, 0.6) is 0 Å². The molecule has 0 aliphatic carbocycles. The molecule has 1 fully saturated rings. The van der Waals surface area contributed by atoms with Crippen molar-refractivity contribution in [3.63, 3.8) is 0 Å². The summed E-state index contributed by atoms with van der Waals surface area (Å²) in [4.78, 5) is 5.13. The Hall–Kier alpha value is 1.60. The number of hydrogen-bond donors (Lipinski definition) is 0. The van der Waals surface area contributed by atoms with Gasteiger partial charge in [0.2, 0.25) is 0 Å². The first kappa shape index (κ1) is 35.1. The molecule has 1 heterocycles. The second kappa shape index (κ2) is 14.6. The molecule has 0 bridgehead atoms. The van der Waals surface area contributed by atoms with Crippen molar-refractivity contribution < 1.29 is 29.6 Å². The molecule has 1 aliphatic rings. The second-order valence-corrected chi connectivity index (χ2v) is 11.9. The van der Waals surface area contributed by atoms with Gasteiger partial charge in [-0.25, -0.2) is 5.19 Å². The predicted molar refractivity (Wildman–Crippen MR) is 113 cm³/mol. The van der Waals surface area contributed by atoms with Crippen molar-refractivity contribution in [3.8, 4) is 0 Å². The molecule has 0 aromatic heterocycles. The van der Waals surface area contributed by atoms with Gasteiger partial charge >= 0.3 is 46.1 Å². The summed E-state index contributed by atoms with van der Waals surface area (Å²) in [6, 6.07) is 0. The second-order valence-electron chi connectivity index (χ2n) is 8.04. The van der Waals surface area contributed by atoms with Gasteiger partial charge in [-0.05, 0) is 12.8 Å². The van der Waals surface area contributed by atoms with E-state index in [0.717, 1.165) is 13.2 Å². The monoisotopic (exact) mass is 439 g/mol. The van der Waals surface area contributed by atoms with E-state index < -0.39 is 8.24 Å². The molecule has 0 spiro atoms. The fourth-order valence-electron chi connectivity index (χ4n) is 3.54. The fourth-order valence-corrected chi connectivity index (χ4v) is 7.54. The summed E-state index contributed by atoms with van der Waals surface area (Å²) >= 11 is 0. The normalized spacial score (nSPS) is 13.3. The Balaban J connectivity index is -0.000000234. The fraction of sp³-hybridized carbons (Fsp3) is 0.737. The van der Waals surface area contributed by atoms with Crippen LogP contribution < -0.4 is 30.0 Å². The zero-order valence-corrected chi connectivity index (χ0v) is 23.7. The van der Waals surface area contributed by atoms with E-state index in [9.17, 15) is 0 Å². The van der Waals surface area contributed by atoms with Gasteiger partial charge < -0.3 is 34.5 Å². The number of hydrogen-bond acceptors (Lipinski definition) is 1. The Kier molecular flexibility index (Phi) is 19.6. The van der Waals surface area contributed by atoms with Gasteiger partial charge in [-0.1, -0.05) is 61.6 Å². The van der Waals surface area contributed by atoms with E-state index in [4.69, 9.17) is 9.72 Å². The first-order valence-electron chi connectivity index (χ1n) is 8.52. The van der Waals surface area contributed by atoms with Gasteiger partial charge in [-0.15, -0.1) is 13.8 Å². The average molecular weight is 441 g/mol. The van der Waals surface area contributed by atoms with E-state index in [0.29, 0.717) is 0 Å². The summed E-state index contributed by atoms with van der Waals surface area (Å²) in [6.07, 6.45) is 2.56. The van der Waals surface area contributed by atoms with Gasteiger partial charge in [-0.2, -0.15) is 22.3 Å². The van der Waals surface area contributed by atoms with E-state index in [1.807, 2.05) is 0 Å². The Morgan fingerprint density at radius 3 is 1.58 bits per heavy atom. The molecule has 1 aliphatic heterocycles. The SMILES string of the molecule is C1CCOC1.Cc1c([Si](C)(C)[N-]C(C)(C)C)c(C)[c-](C)c1C.[Cl-].[Cl-].[Mg+2].[Mg+2]. The molecule has 0 radical (unpaired) electrons. The van der Waals surface area contributed by atoms with Crippen LogP contribution in [0.2, 0.25) is 13.1 Å². The van der Waals surface area contributed by atoms with Crippen molar-refractivity contribution in [2.75, 3.05) is 13.2 Å². The Bertz CT molecular complexity index is 478. The van der Waals surface area contributed by atoms with Crippen molar-refractivity contribution >= 4 is 59.5 Å². The van der Waals surface area contributed by atoms with E-state index >= 15 is 0 Å². The number of nitrogens with zero attached hydrogens (tertiary/aromatic N) is 1. The van der Waals surface area contributed by atoms with Crippen LogP contribution in [0.25, 0.3) is 4.98 Å². The largest absolute Gasteiger partial charge is 2.00 e. The molecular weight excluding hydrogens is 406 g/mol. The molecule has 2 nitrogen and oxygen atoms in total. The minimum Gasteiger partial charge on any atom is -1.00 e. The van der Waals surface area contributed by atoms with Crippen LogP contribution in [-0.4, -0.2) is 73.1 Å². The van der Waals surface area contributed by atoms with Crippen LogP contribution in [0.3, 0.4) is 0 Å². The smallest absolute Gasteiger partial charge is 1.00 e. The molecule has 144 valence electrons. The third-order valence-corrected chi connectivity index (χ3v) is 7.70. The summed E-state index contributed by atoms with van der Waals surface area (Å²) in [7, 11) is -1.69. The van der Waals surface area contributed by atoms with Gasteiger partial charge in [0.25, 0.3) is 0 Å². The molecule has 1 aromatic carbocycles. The average Bonchev–Trinajstić information content (AvgIpc) is 2.96. The molecule has 0 unspecified atom stereocenters. The summed E-state index contributed by atoms with van der Waals surface area (Å²) in [6.45, 7) is 22.3. The first-order valence-corrected chi connectivity index (χ1v) is 11.5. The molecule has 0 saturated carbocycles. The van der Waals surface area contributed by atoms with Crippen molar-refractivity contribution in [1.82, 2.24) is 0 Å². The van der Waals surface area contributed by atoms with Gasteiger partial charge in [0, 0.05) is 13.2 Å². The van der Waals surface area contributed by atoms with Crippen molar-refractivity contribution in [2.24, 2.45) is 0 Å². The van der Waals surface area contributed by atoms with E-state index in [-0.39, 0.29) is 76.5 Å². The van der Waals surface area contributed by atoms with Gasteiger partial charge in [0.15, 0.2) is 0 Å². The molecular formula is C19H35Cl2Mg2NOSi. The summed E-state index contributed by atoms with van der Waals surface area (Å²) < 4.78 is 4.94. The third-order valence-electron chi connectivity index (χ3n) is 4.49. The zero-order chi connectivity index (χ0) is 17.1. The Morgan fingerprint density at radius 2 is 1.35 bits per heavy atom. The summed E-state index contributed by atoms with van der Waals surface area (Å²) in [5.41, 5.74) is 5.94. The van der Waals surface area contributed by atoms with Crippen molar-refractivity contribution in [1.29, 1.82) is 0 Å². The van der Waals surface area contributed by atoms with Crippen molar-refractivity contribution in [2.45, 2.75) is 79.9 Å². The molecule has 26 heavy (non-hydrogen) atoms. The van der Waals surface area contributed by atoms with Crippen LogP contribution in [0, 0.1) is 27.7 Å². The summed E-state index contributed by atoms with van der Waals surface area (Å²) in [5, 5.41) is 1.56. The van der Waals surface area contributed by atoms with Gasteiger partial charge in [0.1, 0.15) is 0 Å². The summed E-state index contributed by atoms with van der Waals surface area (Å²) in [5.74, 6) is 0. The number of halogens is 2. The third kappa shape index (κ3) is 10.4. The number of rotatable bonds is 2. The standard InChI is InChI=1S/C15H27NSi.C4H8O.2ClH.2Mg/c1-10-11(2)13(4)14(12(10)3)17(8,9)16-15(5,6)7;1-2-4-5-3-1;;;;/h1-9H3;1-4H2;2*1H;;/q-2;;;;2*+2/p-2. The molecule has 0 amide bonds. The molecule has 0 N–H and O–H groups in total. The molecule has 0 atom stereocenters. The predicted octanol–water partition coefficient (Wildman–Crippen LogP) is -1.73. The maximum atomic E-state index is 5.13. The molecule has 1 saturated heterocycles. The van der Waals surface area contributed by atoms with Crippen LogP contribution >= 0.6 is 0 Å². The minimum atomic E-state index is -1.69. The van der Waals surface area contributed by atoms with E-state index in [2.05, 4.69) is 61.6 Å². The Labute approximate surface area is 208 Å². The number of ether oxygens (including phenoxy) is 1. The van der Waals surface area contributed by atoms with Crippen molar-refractivity contribution in [3.05, 3.63) is 27.2 Å². The minimum absolute atomic E-state index is 0. The van der Waals surface area contributed by atoms with Gasteiger partial charge in [-0.3, -0.25) is 0 Å². The maximum absolute atomic E-state index is 5.13. The first-order chi connectivity index (χ1) is 9.97. The van der Waals surface area contributed by atoms with E-state index in [1.54, 1.807) is 5.19 Å². The van der Waals surface area contributed by atoms with Gasteiger partial charge in [0.05, 0.1) is 0 Å². The van der Waals surface area contributed by atoms with Crippen LogP contribution in [0.15, 0.2) is 0 Å². The molecule has 2 rings (SSSR count). The van der Waals surface area contributed by atoms with E-state index in [1.165, 1.54) is 35.1 Å². The molecule has 7 heteroatoms. The Morgan fingerprint density at radius 1 is 0.923 bits per heavy atom. The molecule has 1 aromatic rings. The quantitative estimate of drug-likeness (QED) is 0.396. The van der Waals surface area contributed by atoms with Crippen LogP contribution in [0.4, 0.5) is 0 Å².